The van der Waals surface area contributed by atoms with E-state index in [4.69, 9.17) is 0 Å². The number of amides is 2. The van der Waals surface area contributed by atoms with Crippen LogP contribution in [0.5, 0.6) is 0 Å². The molecule has 1 unspecified atom stereocenters. The van der Waals surface area contributed by atoms with Crippen molar-refractivity contribution in [3.63, 3.8) is 0 Å². The molecule has 1 saturated heterocycles. The van der Waals surface area contributed by atoms with Gasteiger partial charge in [-0.15, -0.1) is 0 Å². The molecule has 0 spiro atoms. The van der Waals surface area contributed by atoms with Gasteiger partial charge >= 0.3 is 0 Å². The van der Waals surface area contributed by atoms with E-state index in [1.54, 1.807) is 0 Å². The molecule has 4 heteroatoms. The Hall–Kier alpha value is -1.06. The molecule has 0 bridgehead atoms. The van der Waals surface area contributed by atoms with Gasteiger partial charge in [0.25, 0.3) is 0 Å². The van der Waals surface area contributed by atoms with Crippen molar-refractivity contribution < 1.29 is 9.59 Å². The van der Waals surface area contributed by atoms with E-state index < -0.39 is 0 Å². The van der Waals surface area contributed by atoms with Crippen LogP contribution in [0.15, 0.2) is 0 Å². The molecule has 1 aliphatic heterocycles. The van der Waals surface area contributed by atoms with Gasteiger partial charge in [-0.25, -0.2) is 0 Å². The van der Waals surface area contributed by atoms with Gasteiger partial charge in [0, 0.05) is 19.5 Å². The number of rotatable bonds is 5. The van der Waals surface area contributed by atoms with E-state index in [1.165, 1.54) is 25.7 Å². The highest BCUT2D eigenvalue weighted by Gasteiger charge is 2.29. The Bertz CT molecular complexity index is 324. The Balaban J connectivity index is 1.89. The first-order chi connectivity index (χ1) is 9.20. The van der Waals surface area contributed by atoms with E-state index in [0.29, 0.717) is 13.0 Å². The number of nitrogens with one attached hydrogen (secondary N) is 1. The molecule has 1 aliphatic carbocycles. The van der Waals surface area contributed by atoms with Crippen molar-refractivity contribution in [3.05, 3.63) is 0 Å². The van der Waals surface area contributed by atoms with E-state index in [2.05, 4.69) is 5.32 Å². The predicted molar refractivity (Wildman–Crippen MR) is 74.6 cm³/mol. The zero-order chi connectivity index (χ0) is 13.7. The number of carbonyl (C=O) groups excluding carboxylic acids is 2. The SMILES string of the molecule is CCCC1NC(=O)CCN(CCC2CCCC2)C1=O. The average Bonchev–Trinajstić information content (AvgIpc) is 2.86. The molecule has 108 valence electrons. The summed E-state index contributed by atoms with van der Waals surface area (Å²) in [6.07, 6.45) is 8.57. The highest BCUT2D eigenvalue weighted by molar-refractivity contribution is 5.89. The second-order valence-electron chi connectivity index (χ2n) is 5.92. The minimum absolute atomic E-state index is 0.0233. The minimum Gasteiger partial charge on any atom is -0.344 e. The molecule has 1 N–H and O–H groups in total. The molecule has 2 rings (SSSR count). The van der Waals surface area contributed by atoms with Gasteiger partial charge in [0.1, 0.15) is 6.04 Å². The Morgan fingerprint density at radius 3 is 2.63 bits per heavy atom. The van der Waals surface area contributed by atoms with Crippen LogP contribution in [0.3, 0.4) is 0 Å². The Morgan fingerprint density at radius 1 is 1.21 bits per heavy atom. The summed E-state index contributed by atoms with van der Waals surface area (Å²) < 4.78 is 0. The fourth-order valence-electron chi connectivity index (χ4n) is 3.24. The number of hydrogen-bond donors (Lipinski definition) is 1. The molecule has 2 fully saturated rings. The molecule has 0 aromatic rings. The van der Waals surface area contributed by atoms with E-state index in [9.17, 15) is 9.59 Å². The average molecular weight is 266 g/mol. The van der Waals surface area contributed by atoms with Gasteiger partial charge in [-0.1, -0.05) is 39.0 Å². The summed E-state index contributed by atoms with van der Waals surface area (Å²) in [5.41, 5.74) is 0. The van der Waals surface area contributed by atoms with Crippen molar-refractivity contribution >= 4 is 11.8 Å². The highest BCUT2D eigenvalue weighted by Crippen LogP contribution is 2.27. The Labute approximate surface area is 115 Å². The van der Waals surface area contributed by atoms with Crippen LogP contribution in [0, 0.1) is 5.92 Å². The van der Waals surface area contributed by atoms with E-state index in [0.717, 1.165) is 31.7 Å². The second-order valence-corrected chi connectivity index (χ2v) is 5.92. The second kappa shape index (κ2) is 6.92. The molecule has 4 nitrogen and oxygen atoms in total. The van der Waals surface area contributed by atoms with Crippen LogP contribution in [-0.2, 0) is 9.59 Å². The molecule has 2 aliphatic rings. The lowest BCUT2D eigenvalue weighted by Gasteiger charge is -2.25. The molecule has 0 radical (unpaired) electrons. The Kier molecular flexibility index (Phi) is 5.23. The van der Waals surface area contributed by atoms with Gasteiger partial charge in [0.15, 0.2) is 0 Å². The highest BCUT2D eigenvalue weighted by atomic mass is 16.2. The molecular weight excluding hydrogens is 240 g/mol. The lowest BCUT2D eigenvalue weighted by molar-refractivity contribution is -0.133. The molecule has 1 atom stereocenters. The molecule has 1 heterocycles. The van der Waals surface area contributed by atoms with Crippen LogP contribution in [0.25, 0.3) is 0 Å². The molecule has 0 aromatic heterocycles. The zero-order valence-corrected chi connectivity index (χ0v) is 12.0. The third kappa shape index (κ3) is 3.95. The fourth-order valence-corrected chi connectivity index (χ4v) is 3.24. The summed E-state index contributed by atoms with van der Waals surface area (Å²) in [4.78, 5) is 25.9. The molecule has 1 saturated carbocycles. The van der Waals surface area contributed by atoms with E-state index in [-0.39, 0.29) is 17.9 Å². The maximum absolute atomic E-state index is 12.4. The van der Waals surface area contributed by atoms with Crippen LogP contribution in [0.1, 0.15) is 58.3 Å². The summed E-state index contributed by atoms with van der Waals surface area (Å²) in [7, 11) is 0. The summed E-state index contributed by atoms with van der Waals surface area (Å²) in [6.45, 7) is 3.48. The lowest BCUT2D eigenvalue weighted by Crippen LogP contribution is -2.45. The van der Waals surface area contributed by atoms with Gasteiger partial charge < -0.3 is 10.2 Å². The summed E-state index contributed by atoms with van der Waals surface area (Å²) in [6, 6.07) is -0.288. The maximum Gasteiger partial charge on any atom is 0.245 e. The van der Waals surface area contributed by atoms with Gasteiger partial charge in [-0.2, -0.15) is 0 Å². The number of nitrogens with zero attached hydrogens (tertiary/aromatic N) is 1. The normalized spacial score (nSPS) is 25.5. The smallest absolute Gasteiger partial charge is 0.245 e. The number of carbonyl (C=O) groups is 2. The van der Waals surface area contributed by atoms with Crippen molar-refractivity contribution in [2.24, 2.45) is 5.92 Å². The van der Waals surface area contributed by atoms with Crippen LogP contribution in [0.4, 0.5) is 0 Å². The third-order valence-electron chi connectivity index (χ3n) is 4.41. The van der Waals surface area contributed by atoms with Crippen LogP contribution in [0.2, 0.25) is 0 Å². The maximum atomic E-state index is 12.4. The minimum atomic E-state index is -0.288. The molecule has 0 aromatic carbocycles. The standard InChI is InChI=1S/C15H26N2O2/c1-2-5-13-15(19)17(11-9-14(18)16-13)10-8-12-6-3-4-7-12/h12-13H,2-11H2,1H3,(H,16,18). The fraction of sp³-hybridized carbons (Fsp3) is 0.867. The first-order valence-corrected chi connectivity index (χ1v) is 7.79. The van der Waals surface area contributed by atoms with Crippen molar-refractivity contribution in [1.82, 2.24) is 10.2 Å². The monoisotopic (exact) mass is 266 g/mol. The third-order valence-corrected chi connectivity index (χ3v) is 4.41. The molecule has 2 amide bonds. The summed E-state index contributed by atoms with van der Waals surface area (Å²) in [5.74, 6) is 0.949. The van der Waals surface area contributed by atoms with Crippen LogP contribution < -0.4 is 5.32 Å². The van der Waals surface area contributed by atoms with E-state index >= 15 is 0 Å². The summed E-state index contributed by atoms with van der Waals surface area (Å²) in [5, 5.41) is 2.86. The van der Waals surface area contributed by atoms with E-state index in [1.807, 2.05) is 11.8 Å². The van der Waals surface area contributed by atoms with Crippen molar-refractivity contribution in [2.45, 2.75) is 64.3 Å². The molecule has 19 heavy (non-hydrogen) atoms. The zero-order valence-electron chi connectivity index (χ0n) is 12.0. The van der Waals surface area contributed by atoms with Crippen molar-refractivity contribution in [1.29, 1.82) is 0 Å². The van der Waals surface area contributed by atoms with Gasteiger partial charge in [0.2, 0.25) is 11.8 Å². The lowest BCUT2D eigenvalue weighted by atomic mass is 10.0. The van der Waals surface area contributed by atoms with Gasteiger partial charge in [0.05, 0.1) is 0 Å². The van der Waals surface area contributed by atoms with Crippen LogP contribution in [-0.4, -0.2) is 35.8 Å². The summed E-state index contributed by atoms with van der Waals surface area (Å²) >= 11 is 0. The topological polar surface area (TPSA) is 49.4 Å². The predicted octanol–water partition coefficient (Wildman–Crippen LogP) is 2.08. The Morgan fingerprint density at radius 2 is 1.95 bits per heavy atom. The first kappa shape index (κ1) is 14.4. The van der Waals surface area contributed by atoms with Crippen LogP contribution >= 0.6 is 0 Å². The first-order valence-electron chi connectivity index (χ1n) is 7.79. The van der Waals surface area contributed by atoms with Gasteiger partial charge in [-0.05, 0) is 18.8 Å². The van der Waals surface area contributed by atoms with Crippen molar-refractivity contribution in [2.75, 3.05) is 13.1 Å². The largest absolute Gasteiger partial charge is 0.344 e. The number of hydrogen-bond acceptors (Lipinski definition) is 2. The quantitative estimate of drug-likeness (QED) is 0.828. The van der Waals surface area contributed by atoms with Crippen molar-refractivity contribution in [3.8, 4) is 0 Å². The van der Waals surface area contributed by atoms with Gasteiger partial charge in [-0.3, -0.25) is 9.59 Å². The molecular formula is C15H26N2O2.